The third-order valence-corrected chi connectivity index (χ3v) is 5.81. The third-order valence-electron chi connectivity index (χ3n) is 5.81. The molecule has 2 aliphatic heterocycles. The summed E-state index contributed by atoms with van der Waals surface area (Å²) in [6.07, 6.45) is -2.94. The van der Waals surface area contributed by atoms with E-state index in [1.807, 2.05) is 6.07 Å². The Morgan fingerprint density at radius 1 is 1.59 bits per heavy atom. The molecule has 0 aromatic heterocycles. The van der Waals surface area contributed by atoms with Gasteiger partial charge in [-0.15, -0.1) is 0 Å². The van der Waals surface area contributed by atoms with E-state index in [9.17, 15) is 6.17 Å². The zero-order valence-electron chi connectivity index (χ0n) is 18.3. The van der Waals surface area contributed by atoms with Crippen molar-refractivity contribution < 1.29 is 22.5 Å². The second-order valence-electron chi connectivity index (χ2n) is 6.54. The first-order valence-electron chi connectivity index (χ1n) is 10.7. The van der Waals surface area contributed by atoms with Crippen LogP contribution in [0, 0.1) is 5.92 Å². The molecule has 2 heterocycles. The van der Waals surface area contributed by atoms with Crippen LogP contribution in [-0.2, 0) is 16.6 Å². The number of Topliss-reactive ketones (excluding diaryl/α,β-unsaturated/α-hetero) is 1. The summed E-state index contributed by atoms with van der Waals surface area (Å²) < 4.78 is 61.2. The van der Waals surface area contributed by atoms with Gasteiger partial charge in [0, 0.05) is 31.6 Å². The zero-order valence-corrected chi connectivity index (χ0v) is 12.3. The summed E-state index contributed by atoms with van der Waals surface area (Å²) in [7, 11) is 1.51. The number of benzene rings is 1. The van der Waals surface area contributed by atoms with E-state index in [1.165, 1.54) is 12.0 Å². The predicted molar refractivity (Wildman–Crippen MR) is 81.6 cm³/mol. The Morgan fingerprint density at radius 3 is 3.32 bits per heavy atom. The summed E-state index contributed by atoms with van der Waals surface area (Å²) in [6.45, 7) is -2.35. The number of carbonyl (C=O) groups is 1. The number of ketones is 1. The van der Waals surface area contributed by atoms with Gasteiger partial charge in [-0.2, -0.15) is 0 Å². The molecule has 1 saturated carbocycles. The third kappa shape index (κ3) is 1.27. The average molecular weight is 305 g/mol. The van der Waals surface area contributed by atoms with Gasteiger partial charge < -0.3 is 14.4 Å². The van der Waals surface area contributed by atoms with Crippen molar-refractivity contribution in [2.75, 3.05) is 20.6 Å². The van der Waals surface area contributed by atoms with Crippen LogP contribution in [0.5, 0.6) is 11.5 Å². The molecular formula is C18H21NO3. The topological polar surface area (TPSA) is 38.8 Å². The van der Waals surface area contributed by atoms with Crippen LogP contribution in [0.15, 0.2) is 12.1 Å². The Balaban J connectivity index is 1.81. The van der Waals surface area contributed by atoms with E-state index in [-0.39, 0.29) is 19.4 Å². The lowest BCUT2D eigenvalue weighted by molar-refractivity contribution is -0.138. The number of hydrogen-bond donors (Lipinski definition) is 0. The van der Waals surface area contributed by atoms with E-state index in [4.69, 9.17) is 16.3 Å². The maximum Gasteiger partial charge on any atom is 0.174 e. The molecule has 0 radical (unpaired) electrons. The molecule has 2 aliphatic carbocycles. The van der Waals surface area contributed by atoms with E-state index in [0.717, 1.165) is 11.1 Å². The van der Waals surface area contributed by atoms with Gasteiger partial charge >= 0.3 is 0 Å². The molecule has 116 valence electrons. The van der Waals surface area contributed by atoms with E-state index in [2.05, 4.69) is 0 Å². The van der Waals surface area contributed by atoms with Crippen molar-refractivity contribution in [2.45, 2.75) is 43.2 Å². The van der Waals surface area contributed by atoms with Crippen LogP contribution in [0.2, 0.25) is 0 Å². The number of likely N-dealkylation sites (tertiary alicyclic amines) is 1. The standard InChI is InChI=1S/C18H21NO3/c1-19-8-7-18-11-4-5-13(20)17(18)22-16-14(21-2)6-3-10(15(16)18)9-12(11)19/h3,6,11-12,17H,4-5,7-9H2,1-2H3/t11-,12+,17?,18-/m0/s1/i1D3,5D2,12D. The number of piperidine rings is 1. The molecule has 4 nitrogen and oxygen atoms in total. The molecule has 4 aliphatic rings. The number of likely N-dealkylation sites (N-methyl/N-ethyl adjacent to an activating group) is 1. The van der Waals surface area contributed by atoms with Gasteiger partial charge in [0.25, 0.3) is 0 Å². The Bertz CT molecular complexity index is 902. The van der Waals surface area contributed by atoms with Crippen LogP contribution in [0.3, 0.4) is 0 Å². The normalized spacial score (nSPS) is 48.7. The van der Waals surface area contributed by atoms with E-state index in [0.29, 0.717) is 17.9 Å². The molecule has 5 rings (SSSR count). The van der Waals surface area contributed by atoms with Gasteiger partial charge in [-0.1, -0.05) is 6.07 Å². The fraction of sp³-hybridized carbons (Fsp3) is 0.611. The highest BCUT2D eigenvalue weighted by molar-refractivity contribution is 5.89. The lowest BCUT2D eigenvalue weighted by atomic mass is 9.52. The quantitative estimate of drug-likeness (QED) is 0.795. The summed E-state index contributed by atoms with van der Waals surface area (Å²) in [5.41, 5.74) is 0.719. The van der Waals surface area contributed by atoms with Crippen LogP contribution < -0.4 is 9.47 Å². The Labute approximate surface area is 138 Å². The highest BCUT2D eigenvalue weighted by Crippen LogP contribution is 2.62. The molecule has 1 aromatic carbocycles. The van der Waals surface area contributed by atoms with Crippen LogP contribution >= 0.6 is 0 Å². The number of methoxy groups -OCH3 is 1. The van der Waals surface area contributed by atoms with Crippen LogP contribution in [0.4, 0.5) is 0 Å². The Hall–Kier alpha value is -1.55. The van der Waals surface area contributed by atoms with Gasteiger partial charge in [0.1, 0.15) is 0 Å². The lowest BCUT2D eigenvalue weighted by Gasteiger charge is -2.57. The van der Waals surface area contributed by atoms with Gasteiger partial charge in [0.2, 0.25) is 0 Å². The van der Waals surface area contributed by atoms with Gasteiger partial charge in [-0.05, 0) is 50.3 Å². The smallest absolute Gasteiger partial charge is 0.174 e. The molecule has 22 heavy (non-hydrogen) atoms. The van der Waals surface area contributed by atoms with Crippen molar-refractivity contribution in [1.82, 2.24) is 4.90 Å². The summed E-state index contributed by atoms with van der Waals surface area (Å²) in [6, 6.07) is 1.99. The Kier molecular flexibility index (Phi) is 1.53. The van der Waals surface area contributed by atoms with Crippen molar-refractivity contribution in [3.8, 4) is 11.5 Å². The fourth-order valence-corrected chi connectivity index (χ4v) is 4.90. The molecule has 2 bridgehead atoms. The second-order valence-corrected chi connectivity index (χ2v) is 6.54. The molecule has 1 unspecified atom stereocenters. The first-order valence-corrected chi connectivity index (χ1v) is 7.66. The number of hydrogen-bond acceptors (Lipinski definition) is 4. The largest absolute Gasteiger partial charge is 0.493 e. The molecular weight excluding hydrogens is 278 g/mol. The van der Waals surface area contributed by atoms with Gasteiger partial charge in [0.05, 0.1) is 7.11 Å². The molecule has 0 N–H and O–H groups in total. The van der Waals surface area contributed by atoms with Gasteiger partial charge in [-0.3, -0.25) is 4.79 Å². The van der Waals surface area contributed by atoms with Crippen molar-refractivity contribution in [1.29, 1.82) is 0 Å². The minimum Gasteiger partial charge on any atom is -0.493 e. The van der Waals surface area contributed by atoms with Crippen molar-refractivity contribution >= 4 is 5.78 Å². The van der Waals surface area contributed by atoms with Crippen LogP contribution in [-0.4, -0.2) is 43.4 Å². The summed E-state index contributed by atoms with van der Waals surface area (Å²) in [4.78, 5) is 14.2. The number of rotatable bonds is 1. The number of nitrogens with zero attached hydrogens (tertiary/aromatic N) is 1. The SMILES string of the molecule is [2H]C1([2H])C[C@@H]2[C@@]34CCN(C([2H])([2H])[2H])[C@]2([2H])Cc2ccc(OC)c(c23)OC4C1=O. The van der Waals surface area contributed by atoms with Crippen LogP contribution in [0.25, 0.3) is 0 Å². The van der Waals surface area contributed by atoms with Crippen LogP contribution in [0.1, 0.15) is 38.6 Å². The van der Waals surface area contributed by atoms with Gasteiger partial charge in [-0.25, -0.2) is 0 Å². The zero-order chi connectivity index (χ0) is 20.3. The molecule has 1 saturated heterocycles. The number of ether oxygens (including phenoxy) is 2. The molecule has 4 heteroatoms. The predicted octanol–water partition coefficient (Wildman–Crippen LogP) is 1.93. The van der Waals surface area contributed by atoms with Gasteiger partial charge in [0.15, 0.2) is 23.4 Å². The summed E-state index contributed by atoms with van der Waals surface area (Å²) in [5.74, 6) is -0.372. The highest BCUT2D eigenvalue weighted by atomic mass is 16.5. The lowest BCUT2D eigenvalue weighted by Crippen LogP contribution is -2.65. The first-order chi connectivity index (χ1) is 13.0. The Morgan fingerprint density at radius 2 is 2.50 bits per heavy atom. The minimum atomic E-state index is -2.47. The molecule has 1 aromatic rings. The van der Waals surface area contributed by atoms with Crippen molar-refractivity contribution in [2.24, 2.45) is 5.92 Å². The molecule has 4 atom stereocenters. The van der Waals surface area contributed by atoms with E-state index >= 15 is 0 Å². The maximum atomic E-state index is 13.0. The summed E-state index contributed by atoms with van der Waals surface area (Å²) in [5, 5.41) is 0. The molecule has 0 amide bonds. The van der Waals surface area contributed by atoms with E-state index < -0.39 is 42.6 Å². The monoisotopic (exact) mass is 305 g/mol. The molecule has 1 spiro atoms. The first kappa shape index (κ1) is 8.34. The minimum absolute atomic E-state index is 0.128. The van der Waals surface area contributed by atoms with E-state index in [1.54, 1.807) is 6.07 Å². The summed E-state index contributed by atoms with van der Waals surface area (Å²) >= 11 is 0. The average Bonchev–Trinajstić information content (AvgIpc) is 2.92. The highest BCUT2D eigenvalue weighted by Gasteiger charge is 2.65. The van der Waals surface area contributed by atoms with Crippen molar-refractivity contribution in [3.05, 3.63) is 23.3 Å². The fourth-order valence-electron chi connectivity index (χ4n) is 4.90. The maximum absolute atomic E-state index is 13.0. The second kappa shape index (κ2) is 4.05. The number of carbonyl (C=O) groups excluding carboxylic acids is 1. The molecule has 2 fully saturated rings. The van der Waals surface area contributed by atoms with Crippen molar-refractivity contribution in [3.63, 3.8) is 0 Å².